The summed E-state index contributed by atoms with van der Waals surface area (Å²) in [6.45, 7) is 7.37. The van der Waals surface area contributed by atoms with Crippen molar-refractivity contribution in [2.75, 3.05) is 45.3 Å². The summed E-state index contributed by atoms with van der Waals surface area (Å²) in [5.41, 5.74) is 4.33. The molecule has 3 aliphatic carbocycles. The zero-order valence-corrected chi connectivity index (χ0v) is 33.7. The van der Waals surface area contributed by atoms with E-state index in [1.807, 2.05) is 31.4 Å². The minimum absolute atomic E-state index is 0.167. The quantitative estimate of drug-likeness (QED) is 0.187. The molecule has 1 amide bonds. The number of anilines is 1. The fraction of sp³-hybridized carbons (Fsp3) is 0.578. The third-order valence-corrected chi connectivity index (χ3v) is 13.7. The topological polar surface area (TPSA) is 119 Å². The van der Waals surface area contributed by atoms with Crippen molar-refractivity contribution in [3.63, 3.8) is 0 Å². The number of nitrogens with zero attached hydrogens (tertiary/aromatic N) is 2. The van der Waals surface area contributed by atoms with Gasteiger partial charge in [0.25, 0.3) is 0 Å². The highest BCUT2D eigenvalue weighted by Crippen LogP contribution is 2.58. The second kappa shape index (κ2) is 16.1. The lowest BCUT2D eigenvalue weighted by molar-refractivity contribution is -0.144. The number of aryl methyl sites for hydroxylation is 1. The lowest BCUT2D eigenvalue weighted by atomic mass is 9.59. The van der Waals surface area contributed by atoms with E-state index in [2.05, 4.69) is 36.3 Å². The molecule has 1 spiro atoms. The molecule has 1 unspecified atom stereocenters. The van der Waals surface area contributed by atoms with Crippen LogP contribution in [-0.2, 0) is 32.6 Å². The molecule has 0 radical (unpaired) electrons. The number of carboxylic acid groups (broad SMARTS) is 1. The Kier molecular flexibility index (Phi) is 11.2. The van der Waals surface area contributed by atoms with E-state index < -0.39 is 11.5 Å². The van der Waals surface area contributed by atoms with Gasteiger partial charge in [0.1, 0.15) is 17.4 Å². The second-order valence-corrected chi connectivity index (χ2v) is 17.8. The van der Waals surface area contributed by atoms with Gasteiger partial charge in [0.2, 0.25) is 5.91 Å². The van der Waals surface area contributed by atoms with Gasteiger partial charge in [-0.1, -0.05) is 31.5 Å². The van der Waals surface area contributed by atoms with Crippen LogP contribution in [0.1, 0.15) is 99.9 Å². The summed E-state index contributed by atoms with van der Waals surface area (Å²) in [6, 6.07) is 13.7. The van der Waals surface area contributed by atoms with Gasteiger partial charge in [-0.15, -0.1) is 0 Å². The lowest BCUT2D eigenvalue weighted by Crippen LogP contribution is -2.53. The molecule has 3 heterocycles. The summed E-state index contributed by atoms with van der Waals surface area (Å²) in [5.74, 6) is 2.98. The first-order valence-electron chi connectivity index (χ1n) is 20.7. The highest BCUT2D eigenvalue weighted by molar-refractivity contribution is 6.30. The highest BCUT2D eigenvalue weighted by Gasteiger charge is 2.54. The number of amides is 1. The number of hydrogen-bond acceptors (Lipinski definition) is 8. The number of aliphatic carboxylic acids is 1. The number of benzene rings is 2. The van der Waals surface area contributed by atoms with Gasteiger partial charge >= 0.3 is 5.97 Å². The van der Waals surface area contributed by atoms with E-state index in [-0.39, 0.29) is 35.2 Å². The fourth-order valence-corrected chi connectivity index (χ4v) is 10.6. The molecule has 5 aliphatic rings. The lowest BCUT2D eigenvalue weighted by Gasteiger charge is -2.47. The number of hydrogen-bond donors (Lipinski definition) is 2. The Morgan fingerprint density at radius 2 is 1.95 bits per heavy atom. The monoisotopic (exact) mass is 785 g/mol. The molecule has 56 heavy (non-hydrogen) atoms. The molecule has 2 aliphatic heterocycles. The Morgan fingerprint density at radius 3 is 2.71 bits per heavy atom. The van der Waals surface area contributed by atoms with Crippen molar-refractivity contribution < 1.29 is 33.6 Å². The van der Waals surface area contributed by atoms with E-state index in [1.165, 1.54) is 28.8 Å². The van der Waals surface area contributed by atoms with Gasteiger partial charge in [-0.3, -0.25) is 9.78 Å². The minimum Gasteiger partial charge on any atom is -0.493 e. The van der Waals surface area contributed by atoms with Crippen molar-refractivity contribution in [1.29, 1.82) is 0 Å². The van der Waals surface area contributed by atoms with Gasteiger partial charge in [0.05, 0.1) is 26.4 Å². The van der Waals surface area contributed by atoms with Crippen molar-refractivity contribution >= 4 is 29.2 Å². The van der Waals surface area contributed by atoms with E-state index in [9.17, 15) is 14.7 Å². The summed E-state index contributed by atoms with van der Waals surface area (Å²) in [7, 11) is 1.84. The number of rotatable bonds is 12. The van der Waals surface area contributed by atoms with Crippen LogP contribution in [0.5, 0.6) is 17.2 Å². The number of carboxylic acids is 1. The van der Waals surface area contributed by atoms with Crippen LogP contribution in [-0.4, -0.2) is 78.5 Å². The molecule has 11 heteroatoms. The molecule has 0 bridgehead atoms. The number of fused-ring (bicyclic) bond motifs is 4. The summed E-state index contributed by atoms with van der Waals surface area (Å²) >= 11 is 6.32. The molecular formula is C45H56ClN3O7. The molecule has 3 aromatic rings. The summed E-state index contributed by atoms with van der Waals surface area (Å²) in [6.07, 6.45) is 10.5. The SMILES string of the molecule is C[C@@H](COc1ccnc2c1[C@H](C)CCC2)C[C@H]1Cc2cc3c(cc2C12CCC(Nc1cccc(Cl)c1)(C(=O)O)CC2)O[C@H](COCC1CC(=O)N(C)C1)CCO3. The van der Waals surface area contributed by atoms with E-state index in [1.54, 1.807) is 17.0 Å². The number of carbonyl (C=O) groups excluding carboxylic acids is 1. The second-order valence-electron chi connectivity index (χ2n) is 17.4. The Hall–Kier alpha value is -4.02. The normalized spacial score (nSPS) is 28.7. The van der Waals surface area contributed by atoms with Crippen molar-refractivity contribution in [3.05, 3.63) is 76.1 Å². The first kappa shape index (κ1) is 38.8. The Balaban J connectivity index is 1.03. The first-order chi connectivity index (χ1) is 27.0. The first-order valence-corrected chi connectivity index (χ1v) is 21.1. The van der Waals surface area contributed by atoms with Crippen LogP contribution in [0.2, 0.25) is 5.02 Å². The summed E-state index contributed by atoms with van der Waals surface area (Å²) in [5, 5.41) is 14.7. The molecule has 2 N–H and O–H groups in total. The van der Waals surface area contributed by atoms with Crippen molar-refractivity contribution in [2.24, 2.45) is 17.8 Å². The Labute approximate surface area is 335 Å². The average molecular weight is 786 g/mol. The predicted octanol–water partition coefficient (Wildman–Crippen LogP) is 8.22. The minimum atomic E-state index is -1.11. The zero-order chi connectivity index (χ0) is 39.0. The molecular weight excluding hydrogens is 730 g/mol. The maximum Gasteiger partial charge on any atom is 0.329 e. The van der Waals surface area contributed by atoms with Crippen LogP contribution in [0.25, 0.3) is 0 Å². The number of ether oxygens (including phenoxy) is 4. The summed E-state index contributed by atoms with van der Waals surface area (Å²) < 4.78 is 25.8. The highest BCUT2D eigenvalue weighted by atomic mass is 35.5. The van der Waals surface area contributed by atoms with Crippen molar-refractivity contribution in [2.45, 2.75) is 107 Å². The molecule has 8 rings (SSSR count). The number of likely N-dealkylation sites (tertiary alicyclic amines) is 1. The zero-order valence-electron chi connectivity index (χ0n) is 33.0. The Bertz CT molecular complexity index is 1930. The van der Waals surface area contributed by atoms with Crippen molar-refractivity contribution in [1.82, 2.24) is 9.88 Å². The van der Waals surface area contributed by atoms with Gasteiger partial charge in [0.15, 0.2) is 11.5 Å². The molecule has 2 aromatic carbocycles. The van der Waals surface area contributed by atoms with Crippen LogP contribution >= 0.6 is 11.6 Å². The molecule has 2 fully saturated rings. The van der Waals surface area contributed by atoms with E-state index in [0.717, 1.165) is 49.5 Å². The van der Waals surface area contributed by atoms with Crippen LogP contribution < -0.4 is 19.5 Å². The van der Waals surface area contributed by atoms with Gasteiger partial charge in [0, 0.05) is 60.5 Å². The number of nitrogens with one attached hydrogen (secondary N) is 1. The van der Waals surface area contributed by atoms with Gasteiger partial charge in [-0.25, -0.2) is 4.79 Å². The largest absolute Gasteiger partial charge is 0.493 e. The van der Waals surface area contributed by atoms with E-state index in [0.29, 0.717) is 81.6 Å². The molecule has 5 atom stereocenters. The standard InChI is InChI=1S/C45H56ClN3O7/c1-28(25-55-38-10-16-47-37-9-4-6-29(2)42(37)38)18-32-20-31-21-39-40(56-35(11-17-54-39)27-53-26-30-19-41(50)49(3)24-30)23-36(31)44(32)12-14-45(15-13-44,43(51)52)48-34-8-5-7-33(46)22-34/h5,7-8,10,16,21-23,28-30,32,35,48H,4,6,9,11-15,17-20,24-27H2,1-3H3,(H,51,52)/t28-,29-,30?,32+,35+,44?,45?/m1/s1. The van der Waals surface area contributed by atoms with Crippen LogP contribution in [0.4, 0.5) is 5.69 Å². The average Bonchev–Trinajstić information content (AvgIpc) is 3.54. The molecule has 10 nitrogen and oxygen atoms in total. The Morgan fingerprint density at radius 1 is 1.11 bits per heavy atom. The maximum atomic E-state index is 13.1. The van der Waals surface area contributed by atoms with Crippen molar-refractivity contribution in [3.8, 4) is 17.2 Å². The molecule has 1 aromatic heterocycles. The number of halogens is 1. The van der Waals surface area contributed by atoms with Gasteiger partial charge in [-0.05, 0) is 128 Å². The number of carbonyl (C=O) groups is 2. The van der Waals surface area contributed by atoms with Crippen LogP contribution in [0, 0.1) is 17.8 Å². The molecule has 300 valence electrons. The van der Waals surface area contributed by atoms with E-state index >= 15 is 0 Å². The third kappa shape index (κ3) is 7.80. The predicted molar refractivity (Wildman–Crippen MR) is 215 cm³/mol. The van der Waals surface area contributed by atoms with E-state index in [4.69, 9.17) is 30.5 Å². The summed E-state index contributed by atoms with van der Waals surface area (Å²) in [4.78, 5) is 31.6. The van der Waals surface area contributed by atoms with Crippen LogP contribution in [0.3, 0.4) is 0 Å². The molecule has 1 saturated heterocycles. The number of pyridine rings is 1. The maximum absolute atomic E-state index is 13.1. The third-order valence-electron chi connectivity index (χ3n) is 13.4. The van der Waals surface area contributed by atoms with Gasteiger partial charge in [-0.2, -0.15) is 0 Å². The number of aromatic nitrogens is 1. The van der Waals surface area contributed by atoms with Gasteiger partial charge < -0.3 is 34.3 Å². The van der Waals surface area contributed by atoms with Crippen LogP contribution in [0.15, 0.2) is 48.7 Å². The fourth-order valence-electron chi connectivity index (χ4n) is 10.4. The molecule has 1 saturated carbocycles. The smallest absolute Gasteiger partial charge is 0.329 e.